The second kappa shape index (κ2) is 3.96. The van der Waals surface area contributed by atoms with E-state index in [1.165, 1.54) is 0 Å². The van der Waals surface area contributed by atoms with E-state index in [2.05, 4.69) is 0 Å². The summed E-state index contributed by atoms with van der Waals surface area (Å²) in [6.07, 6.45) is 0. The van der Waals surface area contributed by atoms with Crippen LogP contribution in [0.1, 0.15) is 30.9 Å². The molecule has 0 fully saturated rings. The highest BCUT2D eigenvalue weighted by molar-refractivity contribution is 6.31. The standard InChI is InChI=1S/C10H12ClNO2/c1-6(2)8-4-9(11)7(3)10(5-8)12(13)14/h4-6H,1-3H3. The fourth-order valence-corrected chi connectivity index (χ4v) is 1.43. The Bertz CT molecular complexity index is 375. The van der Waals surface area contributed by atoms with Crippen LogP contribution in [0.25, 0.3) is 0 Å². The van der Waals surface area contributed by atoms with Gasteiger partial charge in [-0.2, -0.15) is 0 Å². The number of halogens is 1. The zero-order valence-corrected chi connectivity index (χ0v) is 9.13. The first-order valence-corrected chi connectivity index (χ1v) is 4.75. The summed E-state index contributed by atoms with van der Waals surface area (Å²) in [6.45, 7) is 5.61. The van der Waals surface area contributed by atoms with Crippen molar-refractivity contribution in [3.63, 3.8) is 0 Å². The third-order valence-electron chi connectivity index (χ3n) is 2.20. The lowest BCUT2D eigenvalue weighted by Gasteiger charge is -2.07. The first-order valence-electron chi connectivity index (χ1n) is 4.38. The molecule has 3 nitrogen and oxygen atoms in total. The molecule has 0 aliphatic carbocycles. The fraction of sp³-hybridized carbons (Fsp3) is 0.400. The van der Waals surface area contributed by atoms with Crippen LogP contribution >= 0.6 is 11.6 Å². The fourth-order valence-electron chi connectivity index (χ4n) is 1.21. The molecule has 0 N–H and O–H groups in total. The molecule has 0 amide bonds. The van der Waals surface area contributed by atoms with Crippen LogP contribution in [0.2, 0.25) is 5.02 Å². The maximum Gasteiger partial charge on any atom is 0.274 e. The van der Waals surface area contributed by atoms with Crippen LogP contribution in [0.5, 0.6) is 0 Å². The molecule has 0 aliphatic rings. The molecule has 0 aromatic heterocycles. The van der Waals surface area contributed by atoms with Crippen molar-refractivity contribution in [3.05, 3.63) is 38.4 Å². The summed E-state index contributed by atoms with van der Waals surface area (Å²) in [5.74, 6) is 0.242. The monoisotopic (exact) mass is 213 g/mol. The molecule has 0 saturated heterocycles. The third-order valence-corrected chi connectivity index (χ3v) is 2.60. The molecule has 0 unspecified atom stereocenters. The van der Waals surface area contributed by atoms with Gasteiger partial charge in [0.25, 0.3) is 5.69 Å². The van der Waals surface area contributed by atoms with Gasteiger partial charge in [0.05, 0.1) is 9.95 Å². The first kappa shape index (κ1) is 11.0. The van der Waals surface area contributed by atoms with Crippen molar-refractivity contribution in [2.45, 2.75) is 26.7 Å². The van der Waals surface area contributed by atoms with Gasteiger partial charge in [0.1, 0.15) is 0 Å². The molecule has 76 valence electrons. The molecule has 0 saturated carbocycles. The van der Waals surface area contributed by atoms with Crippen LogP contribution in [0.3, 0.4) is 0 Å². The number of benzene rings is 1. The summed E-state index contributed by atoms with van der Waals surface area (Å²) >= 11 is 5.90. The number of rotatable bonds is 2. The SMILES string of the molecule is Cc1c(Cl)cc(C(C)C)cc1[N+](=O)[O-]. The molecule has 0 spiro atoms. The van der Waals surface area contributed by atoms with E-state index in [1.807, 2.05) is 13.8 Å². The third kappa shape index (κ3) is 2.04. The Morgan fingerprint density at radius 3 is 2.43 bits per heavy atom. The molecule has 0 radical (unpaired) electrons. The zero-order chi connectivity index (χ0) is 10.9. The zero-order valence-electron chi connectivity index (χ0n) is 8.37. The minimum Gasteiger partial charge on any atom is -0.258 e. The Kier molecular flexibility index (Phi) is 3.11. The Labute approximate surface area is 87.8 Å². The van der Waals surface area contributed by atoms with Gasteiger partial charge in [-0.15, -0.1) is 0 Å². The van der Waals surface area contributed by atoms with Crippen LogP contribution < -0.4 is 0 Å². The van der Waals surface area contributed by atoms with Crippen LogP contribution in [-0.4, -0.2) is 4.92 Å². The van der Waals surface area contributed by atoms with E-state index >= 15 is 0 Å². The second-order valence-corrected chi connectivity index (χ2v) is 3.97. The molecule has 4 heteroatoms. The average molecular weight is 214 g/mol. The van der Waals surface area contributed by atoms with Gasteiger partial charge in [-0.05, 0) is 24.5 Å². The predicted molar refractivity (Wildman–Crippen MR) is 56.9 cm³/mol. The van der Waals surface area contributed by atoms with Gasteiger partial charge in [-0.1, -0.05) is 25.4 Å². The maximum atomic E-state index is 10.7. The lowest BCUT2D eigenvalue weighted by Crippen LogP contribution is -1.96. The summed E-state index contributed by atoms with van der Waals surface area (Å²) in [5, 5.41) is 11.2. The normalized spacial score (nSPS) is 10.6. The summed E-state index contributed by atoms with van der Waals surface area (Å²) in [4.78, 5) is 10.3. The number of nitro groups is 1. The second-order valence-electron chi connectivity index (χ2n) is 3.56. The highest BCUT2D eigenvalue weighted by Gasteiger charge is 2.16. The van der Waals surface area contributed by atoms with E-state index in [1.54, 1.807) is 19.1 Å². The van der Waals surface area contributed by atoms with E-state index in [0.717, 1.165) is 5.56 Å². The molecule has 0 aliphatic heterocycles. The smallest absolute Gasteiger partial charge is 0.258 e. The molecule has 0 bridgehead atoms. The predicted octanol–water partition coefficient (Wildman–Crippen LogP) is 3.68. The molecule has 1 rings (SSSR count). The lowest BCUT2D eigenvalue weighted by molar-refractivity contribution is -0.385. The minimum absolute atomic E-state index is 0.0983. The van der Waals surface area contributed by atoms with Gasteiger partial charge in [0.15, 0.2) is 0 Å². The van der Waals surface area contributed by atoms with Crippen molar-refractivity contribution in [1.29, 1.82) is 0 Å². The summed E-state index contributed by atoms with van der Waals surface area (Å²) in [5.41, 5.74) is 1.52. The van der Waals surface area contributed by atoms with E-state index in [0.29, 0.717) is 10.6 Å². The molecule has 0 heterocycles. The minimum atomic E-state index is -0.396. The Hall–Kier alpha value is -1.09. The van der Waals surface area contributed by atoms with E-state index in [9.17, 15) is 10.1 Å². The van der Waals surface area contributed by atoms with Gasteiger partial charge in [-0.3, -0.25) is 10.1 Å². The molecular formula is C10H12ClNO2. The van der Waals surface area contributed by atoms with Gasteiger partial charge in [0, 0.05) is 11.6 Å². The molecular weight excluding hydrogens is 202 g/mol. The lowest BCUT2D eigenvalue weighted by atomic mass is 10.0. The first-order chi connectivity index (χ1) is 6.43. The molecule has 14 heavy (non-hydrogen) atoms. The van der Waals surface area contributed by atoms with Crippen molar-refractivity contribution < 1.29 is 4.92 Å². The van der Waals surface area contributed by atoms with Crippen LogP contribution in [0.15, 0.2) is 12.1 Å². The Morgan fingerprint density at radius 2 is 2.00 bits per heavy atom. The largest absolute Gasteiger partial charge is 0.274 e. The number of nitro benzene ring substituents is 1. The van der Waals surface area contributed by atoms with E-state index in [-0.39, 0.29) is 11.6 Å². The topological polar surface area (TPSA) is 43.1 Å². The van der Waals surface area contributed by atoms with E-state index < -0.39 is 4.92 Å². The van der Waals surface area contributed by atoms with Crippen LogP contribution in [0, 0.1) is 17.0 Å². The summed E-state index contributed by atoms with van der Waals surface area (Å²) < 4.78 is 0. The van der Waals surface area contributed by atoms with Gasteiger partial charge < -0.3 is 0 Å². The molecule has 1 aromatic carbocycles. The van der Waals surface area contributed by atoms with Crippen molar-refractivity contribution in [2.75, 3.05) is 0 Å². The van der Waals surface area contributed by atoms with Crippen molar-refractivity contribution in [1.82, 2.24) is 0 Å². The summed E-state index contributed by atoms with van der Waals surface area (Å²) in [6, 6.07) is 3.38. The molecule has 0 atom stereocenters. The van der Waals surface area contributed by atoms with Crippen molar-refractivity contribution in [3.8, 4) is 0 Å². The van der Waals surface area contributed by atoms with E-state index in [4.69, 9.17) is 11.6 Å². The van der Waals surface area contributed by atoms with Gasteiger partial charge in [-0.25, -0.2) is 0 Å². The van der Waals surface area contributed by atoms with Crippen LogP contribution in [0.4, 0.5) is 5.69 Å². The summed E-state index contributed by atoms with van der Waals surface area (Å²) in [7, 11) is 0. The number of hydrogen-bond donors (Lipinski definition) is 0. The quantitative estimate of drug-likeness (QED) is 0.556. The Balaban J connectivity index is 3.35. The van der Waals surface area contributed by atoms with Gasteiger partial charge >= 0.3 is 0 Å². The number of hydrogen-bond acceptors (Lipinski definition) is 2. The van der Waals surface area contributed by atoms with Crippen molar-refractivity contribution in [2.24, 2.45) is 0 Å². The highest BCUT2D eigenvalue weighted by atomic mass is 35.5. The molecule has 1 aromatic rings. The average Bonchev–Trinajstić information content (AvgIpc) is 2.08. The number of nitrogens with zero attached hydrogens (tertiary/aromatic N) is 1. The van der Waals surface area contributed by atoms with Crippen molar-refractivity contribution >= 4 is 17.3 Å². The highest BCUT2D eigenvalue weighted by Crippen LogP contribution is 2.30. The Morgan fingerprint density at radius 1 is 1.43 bits per heavy atom. The van der Waals surface area contributed by atoms with Crippen LogP contribution in [-0.2, 0) is 0 Å². The maximum absolute atomic E-state index is 10.7. The van der Waals surface area contributed by atoms with Gasteiger partial charge in [0.2, 0.25) is 0 Å².